The topological polar surface area (TPSA) is 63.0 Å². The van der Waals surface area contributed by atoms with Crippen LogP contribution >= 0.6 is 0 Å². The first-order chi connectivity index (χ1) is 7.26. The summed E-state index contributed by atoms with van der Waals surface area (Å²) in [5.41, 5.74) is 1.10. The van der Waals surface area contributed by atoms with Gasteiger partial charge in [-0.1, -0.05) is 0 Å². The first-order valence-electron chi connectivity index (χ1n) is 4.47. The number of hydrogen-bond donors (Lipinski definition) is 0. The van der Waals surface area contributed by atoms with Crippen molar-refractivity contribution >= 4 is 12.0 Å². The van der Waals surface area contributed by atoms with Crippen LogP contribution in [0.5, 0.6) is 0 Å². The molecule has 0 bridgehead atoms. The molecule has 0 saturated carbocycles. The van der Waals surface area contributed by atoms with E-state index in [1.807, 2.05) is 6.07 Å². The molecule has 76 valence electrons. The number of nitrogens with zero attached hydrogens (tertiary/aromatic N) is 2. The molecule has 0 aliphatic carbocycles. The molecule has 1 aromatic rings. The Labute approximate surface area is 87.8 Å². The molecule has 1 aromatic heterocycles. The van der Waals surface area contributed by atoms with Crippen molar-refractivity contribution < 1.29 is 9.53 Å². The highest BCUT2D eigenvalue weighted by Crippen LogP contribution is 2.00. The monoisotopic (exact) mass is 202 g/mol. The van der Waals surface area contributed by atoms with Crippen LogP contribution in [0.1, 0.15) is 18.2 Å². The second-order valence-electron chi connectivity index (χ2n) is 2.67. The van der Waals surface area contributed by atoms with Crippen LogP contribution in [0.25, 0.3) is 6.08 Å². The Bertz CT molecular complexity index is 402. The fraction of sp³-hybridized carbons (Fsp3) is 0.182. The summed E-state index contributed by atoms with van der Waals surface area (Å²) in [6, 6.07) is 5.26. The average molecular weight is 202 g/mol. The van der Waals surface area contributed by atoms with Gasteiger partial charge in [0.1, 0.15) is 6.07 Å². The van der Waals surface area contributed by atoms with Crippen LogP contribution in [0.15, 0.2) is 24.4 Å². The number of aromatic nitrogens is 1. The number of hydrogen-bond acceptors (Lipinski definition) is 4. The van der Waals surface area contributed by atoms with Crippen molar-refractivity contribution in [1.82, 2.24) is 4.98 Å². The predicted molar refractivity (Wildman–Crippen MR) is 54.6 cm³/mol. The molecule has 4 heteroatoms. The van der Waals surface area contributed by atoms with Crippen LogP contribution in [0.4, 0.5) is 0 Å². The SMILES string of the molecule is CCOC(=O)C=Cc1ccc(C#N)cn1. The van der Waals surface area contributed by atoms with Crippen LogP contribution in [0.3, 0.4) is 0 Å². The molecule has 0 unspecified atom stereocenters. The Hall–Kier alpha value is -2.15. The van der Waals surface area contributed by atoms with E-state index in [0.717, 1.165) is 0 Å². The molecule has 1 heterocycles. The van der Waals surface area contributed by atoms with Gasteiger partial charge in [0.25, 0.3) is 0 Å². The number of pyridine rings is 1. The molecule has 0 aliphatic rings. The zero-order chi connectivity index (χ0) is 11.1. The quantitative estimate of drug-likeness (QED) is 0.550. The lowest BCUT2D eigenvalue weighted by molar-refractivity contribution is -0.137. The molecule has 1 rings (SSSR count). The minimum absolute atomic E-state index is 0.351. The smallest absolute Gasteiger partial charge is 0.330 e. The summed E-state index contributed by atoms with van der Waals surface area (Å²) in [6.07, 6.45) is 4.29. The molecule has 0 N–H and O–H groups in total. The van der Waals surface area contributed by atoms with Gasteiger partial charge in [0, 0.05) is 12.3 Å². The summed E-state index contributed by atoms with van der Waals surface area (Å²) in [7, 11) is 0. The Balaban J connectivity index is 2.65. The second-order valence-corrected chi connectivity index (χ2v) is 2.67. The van der Waals surface area contributed by atoms with Crippen molar-refractivity contribution in [2.75, 3.05) is 6.61 Å². The fourth-order valence-corrected chi connectivity index (χ4v) is 0.914. The van der Waals surface area contributed by atoms with E-state index in [2.05, 4.69) is 4.98 Å². The normalized spacial score (nSPS) is 9.87. The highest BCUT2D eigenvalue weighted by Gasteiger charge is 1.95. The zero-order valence-corrected chi connectivity index (χ0v) is 8.30. The van der Waals surface area contributed by atoms with Gasteiger partial charge in [0.2, 0.25) is 0 Å². The molecule has 0 aliphatic heterocycles. The van der Waals surface area contributed by atoms with Gasteiger partial charge in [-0.25, -0.2) is 4.79 Å². The molecule has 0 fully saturated rings. The van der Waals surface area contributed by atoms with Crippen molar-refractivity contribution in [1.29, 1.82) is 5.26 Å². The minimum Gasteiger partial charge on any atom is -0.463 e. The molecule has 0 atom stereocenters. The van der Waals surface area contributed by atoms with Gasteiger partial charge in [-0.3, -0.25) is 4.98 Å². The molecular weight excluding hydrogens is 192 g/mol. The summed E-state index contributed by atoms with van der Waals surface area (Å²) in [5, 5.41) is 8.53. The first-order valence-corrected chi connectivity index (χ1v) is 4.47. The lowest BCUT2D eigenvalue weighted by atomic mass is 10.2. The number of nitriles is 1. The van der Waals surface area contributed by atoms with E-state index in [0.29, 0.717) is 17.9 Å². The van der Waals surface area contributed by atoms with Gasteiger partial charge < -0.3 is 4.74 Å². The molecule has 15 heavy (non-hydrogen) atoms. The third-order valence-electron chi connectivity index (χ3n) is 1.59. The molecule has 0 aromatic carbocycles. The Morgan fingerprint density at radius 2 is 2.47 bits per heavy atom. The Morgan fingerprint density at radius 1 is 1.67 bits per heavy atom. The van der Waals surface area contributed by atoms with Crippen molar-refractivity contribution in [2.45, 2.75) is 6.92 Å². The maximum Gasteiger partial charge on any atom is 0.330 e. The van der Waals surface area contributed by atoms with Crippen LogP contribution in [-0.2, 0) is 9.53 Å². The number of ether oxygens (including phenoxy) is 1. The number of carbonyl (C=O) groups is 1. The summed E-state index contributed by atoms with van der Waals surface area (Å²) in [6.45, 7) is 2.09. The van der Waals surface area contributed by atoms with Gasteiger partial charge >= 0.3 is 5.97 Å². The highest BCUT2D eigenvalue weighted by atomic mass is 16.5. The third kappa shape index (κ3) is 3.61. The number of rotatable bonds is 3. The number of carbonyl (C=O) groups excluding carboxylic acids is 1. The standard InChI is InChI=1S/C11H10N2O2/c1-2-15-11(14)6-5-10-4-3-9(7-12)8-13-10/h3-6,8H,2H2,1H3. The maximum absolute atomic E-state index is 11.0. The van der Waals surface area contributed by atoms with Crippen molar-refractivity contribution in [2.24, 2.45) is 0 Å². The van der Waals surface area contributed by atoms with E-state index in [1.165, 1.54) is 12.3 Å². The van der Waals surface area contributed by atoms with Gasteiger partial charge in [0.05, 0.1) is 17.9 Å². The van der Waals surface area contributed by atoms with Crippen molar-refractivity contribution in [3.05, 3.63) is 35.7 Å². The molecule has 4 nitrogen and oxygen atoms in total. The second kappa shape index (κ2) is 5.55. The van der Waals surface area contributed by atoms with Gasteiger partial charge in [-0.05, 0) is 25.1 Å². The van der Waals surface area contributed by atoms with Crippen LogP contribution in [-0.4, -0.2) is 17.6 Å². The average Bonchev–Trinajstić information content (AvgIpc) is 2.27. The maximum atomic E-state index is 11.0. The van der Waals surface area contributed by atoms with Gasteiger partial charge in [0.15, 0.2) is 0 Å². The summed E-state index contributed by atoms with van der Waals surface area (Å²) in [5.74, 6) is -0.399. The fourth-order valence-electron chi connectivity index (χ4n) is 0.914. The van der Waals surface area contributed by atoms with Gasteiger partial charge in [-0.2, -0.15) is 5.26 Å². The third-order valence-corrected chi connectivity index (χ3v) is 1.59. The highest BCUT2D eigenvalue weighted by molar-refractivity contribution is 5.86. The van der Waals surface area contributed by atoms with E-state index < -0.39 is 5.97 Å². The molecule has 0 spiro atoms. The predicted octanol–water partition coefficient (Wildman–Crippen LogP) is 1.53. The minimum atomic E-state index is -0.399. The number of esters is 1. The van der Waals surface area contributed by atoms with E-state index in [4.69, 9.17) is 10.00 Å². The van der Waals surface area contributed by atoms with Crippen LogP contribution in [0.2, 0.25) is 0 Å². The summed E-state index contributed by atoms with van der Waals surface area (Å²) >= 11 is 0. The van der Waals surface area contributed by atoms with E-state index in [1.54, 1.807) is 25.1 Å². The lowest BCUT2D eigenvalue weighted by Gasteiger charge is -1.95. The van der Waals surface area contributed by atoms with Crippen molar-refractivity contribution in [3.8, 4) is 6.07 Å². The van der Waals surface area contributed by atoms with Gasteiger partial charge in [-0.15, -0.1) is 0 Å². The summed E-state index contributed by atoms with van der Waals surface area (Å²) < 4.78 is 4.70. The molecular formula is C11H10N2O2. The molecule has 0 saturated heterocycles. The van der Waals surface area contributed by atoms with Crippen molar-refractivity contribution in [3.63, 3.8) is 0 Å². The Kier molecular flexibility index (Phi) is 4.05. The largest absolute Gasteiger partial charge is 0.463 e. The van der Waals surface area contributed by atoms with E-state index >= 15 is 0 Å². The van der Waals surface area contributed by atoms with E-state index in [-0.39, 0.29) is 0 Å². The first kappa shape index (κ1) is 10.9. The Morgan fingerprint density at radius 3 is 3.00 bits per heavy atom. The van der Waals surface area contributed by atoms with E-state index in [9.17, 15) is 4.79 Å². The van der Waals surface area contributed by atoms with Crippen LogP contribution in [0, 0.1) is 11.3 Å². The zero-order valence-electron chi connectivity index (χ0n) is 8.30. The summed E-state index contributed by atoms with van der Waals surface area (Å²) in [4.78, 5) is 14.9. The molecule has 0 amide bonds. The molecule has 0 radical (unpaired) electrons. The van der Waals surface area contributed by atoms with Crippen LogP contribution < -0.4 is 0 Å². The lowest BCUT2D eigenvalue weighted by Crippen LogP contribution is -1.98.